The van der Waals surface area contributed by atoms with Crippen LogP contribution in [0.15, 0.2) is 41.3 Å². The molecule has 1 amide bonds. The minimum Gasteiger partial charge on any atom is -0.481 e. The van der Waals surface area contributed by atoms with Crippen LogP contribution in [0.3, 0.4) is 0 Å². The van der Waals surface area contributed by atoms with E-state index in [4.69, 9.17) is 11.2 Å². The molecule has 4 rings (SSSR count). The van der Waals surface area contributed by atoms with Crippen LogP contribution in [0.4, 0.5) is 22.0 Å². The van der Waals surface area contributed by atoms with Gasteiger partial charge in [-0.2, -0.15) is 13.2 Å². The zero-order valence-corrected chi connectivity index (χ0v) is 29.0. The molecule has 0 radical (unpaired) electrons. The summed E-state index contributed by atoms with van der Waals surface area (Å²) in [4.78, 5) is 41.5. The number of amides is 1. The number of halogens is 5. The second kappa shape index (κ2) is 16.7. The standard InChI is InChI=1S/C38H42F5N3O5/c1-6-25-17-27(35-23(4)15-28(39)16-24(35)5)18-29(36(25)40)31(20-34(48)49)44-37(50)32(14-22(2)3)46-21-26(30(19-33(46)47)38(41,42)43)8-10-45-9-7-12-51-13-11-45/h1,15-19,21-22,31-32H,7-14,20H2,2-5H3,(H,44,50)(H,48,49)/t31-,32-/m0/s1. The van der Waals surface area contributed by atoms with Crippen molar-refractivity contribution in [2.45, 2.75) is 71.6 Å². The highest BCUT2D eigenvalue weighted by atomic mass is 19.4. The van der Waals surface area contributed by atoms with Crippen LogP contribution in [0, 0.1) is 43.7 Å². The molecule has 2 atom stereocenters. The number of aryl methyl sites for hydroxylation is 2. The van der Waals surface area contributed by atoms with Gasteiger partial charge in [-0.1, -0.05) is 19.8 Å². The maximum atomic E-state index is 15.9. The first-order valence-electron chi connectivity index (χ1n) is 16.7. The Labute approximate surface area is 293 Å². The van der Waals surface area contributed by atoms with Crippen molar-refractivity contribution < 1.29 is 41.4 Å². The third-order valence-electron chi connectivity index (χ3n) is 8.93. The molecule has 3 aromatic rings. The molecule has 0 bridgehead atoms. The molecule has 1 fully saturated rings. The number of hydrogen-bond donors (Lipinski definition) is 2. The molecule has 0 unspecified atom stereocenters. The fourth-order valence-corrected chi connectivity index (χ4v) is 6.59. The summed E-state index contributed by atoms with van der Waals surface area (Å²) in [7, 11) is 0. The Hall–Kier alpha value is -4.54. The first-order chi connectivity index (χ1) is 24.0. The lowest BCUT2D eigenvalue weighted by Crippen LogP contribution is -2.41. The number of carbonyl (C=O) groups excluding carboxylic acids is 1. The fraction of sp³-hybridized carbons (Fsp3) is 0.447. The molecule has 274 valence electrons. The number of rotatable bonds is 12. The van der Waals surface area contributed by atoms with E-state index in [2.05, 4.69) is 11.2 Å². The average molecular weight is 716 g/mol. The molecule has 0 aliphatic carbocycles. The summed E-state index contributed by atoms with van der Waals surface area (Å²) in [6.07, 6.45) is 1.68. The number of carboxylic acid groups (broad SMARTS) is 1. The Bertz CT molecular complexity index is 1830. The Kier molecular flexibility index (Phi) is 12.8. The average Bonchev–Trinajstić information content (AvgIpc) is 3.31. The zero-order chi connectivity index (χ0) is 37.6. The van der Waals surface area contributed by atoms with Gasteiger partial charge in [0, 0.05) is 44.1 Å². The number of alkyl halides is 3. The number of carboxylic acids is 1. The van der Waals surface area contributed by atoms with E-state index < -0.39 is 59.3 Å². The first-order valence-corrected chi connectivity index (χ1v) is 16.7. The molecule has 51 heavy (non-hydrogen) atoms. The predicted molar refractivity (Wildman–Crippen MR) is 182 cm³/mol. The number of pyridine rings is 1. The third kappa shape index (κ3) is 9.83. The van der Waals surface area contributed by atoms with Gasteiger partial charge in [0.1, 0.15) is 17.7 Å². The lowest BCUT2D eigenvalue weighted by atomic mass is 9.90. The number of terminal acetylenes is 1. The lowest BCUT2D eigenvalue weighted by molar-refractivity contribution is -0.139. The number of nitrogens with one attached hydrogen (secondary N) is 1. The number of hydrogen-bond acceptors (Lipinski definition) is 5. The van der Waals surface area contributed by atoms with Gasteiger partial charge in [-0.25, -0.2) is 8.78 Å². The third-order valence-corrected chi connectivity index (χ3v) is 8.93. The van der Waals surface area contributed by atoms with E-state index in [-0.39, 0.29) is 42.0 Å². The van der Waals surface area contributed by atoms with Gasteiger partial charge in [0.25, 0.3) is 5.56 Å². The summed E-state index contributed by atoms with van der Waals surface area (Å²) in [5, 5.41) is 12.4. The van der Waals surface area contributed by atoms with Gasteiger partial charge in [0.15, 0.2) is 0 Å². The van der Waals surface area contributed by atoms with Crippen LogP contribution >= 0.6 is 0 Å². The molecule has 1 aliphatic rings. The molecule has 2 N–H and O–H groups in total. The van der Waals surface area contributed by atoms with Crippen LogP contribution in [0.5, 0.6) is 0 Å². The summed E-state index contributed by atoms with van der Waals surface area (Å²) >= 11 is 0. The van der Waals surface area contributed by atoms with Crippen molar-refractivity contribution in [1.82, 2.24) is 14.8 Å². The smallest absolute Gasteiger partial charge is 0.416 e. The summed E-state index contributed by atoms with van der Waals surface area (Å²) in [6.45, 7) is 9.21. The largest absolute Gasteiger partial charge is 0.481 e. The van der Waals surface area contributed by atoms with Gasteiger partial charge in [-0.15, -0.1) is 6.42 Å². The summed E-state index contributed by atoms with van der Waals surface area (Å²) in [5.41, 5.74) is -0.947. The normalized spacial score (nSPS) is 15.2. The second-order valence-corrected chi connectivity index (χ2v) is 13.3. The maximum Gasteiger partial charge on any atom is 0.416 e. The molecule has 2 heterocycles. The summed E-state index contributed by atoms with van der Waals surface area (Å²) < 4.78 is 79.0. The Morgan fingerprint density at radius 1 is 1.06 bits per heavy atom. The molecule has 0 saturated carbocycles. The molecule has 2 aromatic carbocycles. The number of aromatic nitrogens is 1. The monoisotopic (exact) mass is 715 g/mol. The number of benzene rings is 2. The van der Waals surface area contributed by atoms with Gasteiger partial charge in [0.2, 0.25) is 5.91 Å². The van der Waals surface area contributed by atoms with Gasteiger partial charge in [-0.05, 0) is 91.1 Å². The van der Waals surface area contributed by atoms with E-state index in [1.54, 1.807) is 27.7 Å². The zero-order valence-electron chi connectivity index (χ0n) is 29.0. The van der Waals surface area contributed by atoms with E-state index in [1.807, 2.05) is 4.90 Å². The van der Waals surface area contributed by atoms with Crippen molar-refractivity contribution >= 4 is 11.9 Å². The molecule has 8 nitrogen and oxygen atoms in total. The SMILES string of the molecule is C#Cc1cc(-c2c(C)cc(F)cc2C)cc([C@H](CC(=O)O)NC(=O)[C@H](CC(C)C)n2cc(CCN3CCCOCC3)c(C(F)(F)F)cc2=O)c1F. The van der Waals surface area contributed by atoms with Crippen molar-refractivity contribution in [2.75, 3.05) is 32.8 Å². The highest BCUT2D eigenvalue weighted by molar-refractivity contribution is 5.82. The van der Waals surface area contributed by atoms with E-state index in [0.29, 0.717) is 54.6 Å². The van der Waals surface area contributed by atoms with Crippen LogP contribution in [-0.2, 0) is 26.9 Å². The van der Waals surface area contributed by atoms with Crippen molar-refractivity contribution in [3.05, 3.63) is 91.9 Å². The number of ether oxygens (including phenoxy) is 1. The van der Waals surface area contributed by atoms with Crippen LogP contribution < -0.4 is 10.9 Å². The number of aliphatic carboxylic acids is 1. The van der Waals surface area contributed by atoms with E-state index in [1.165, 1.54) is 24.3 Å². The topological polar surface area (TPSA) is 101 Å². The summed E-state index contributed by atoms with van der Waals surface area (Å²) in [6, 6.07) is 2.87. The van der Waals surface area contributed by atoms with Crippen LogP contribution in [0.2, 0.25) is 0 Å². The molecule has 1 saturated heterocycles. The molecule has 13 heteroatoms. The van der Waals surface area contributed by atoms with Gasteiger partial charge in [-0.3, -0.25) is 14.4 Å². The molecule has 1 aliphatic heterocycles. The minimum atomic E-state index is -4.84. The lowest BCUT2D eigenvalue weighted by Gasteiger charge is -2.27. The summed E-state index contributed by atoms with van der Waals surface area (Å²) in [5.74, 6) is -1.73. The quantitative estimate of drug-likeness (QED) is 0.162. The molecule has 0 spiro atoms. The number of nitrogens with zero attached hydrogens (tertiary/aromatic N) is 2. The van der Waals surface area contributed by atoms with Crippen molar-refractivity contribution in [1.29, 1.82) is 0 Å². The Balaban J connectivity index is 1.78. The molecular formula is C38H42F5N3O5. The first kappa shape index (κ1) is 39.2. The van der Waals surface area contributed by atoms with Crippen LogP contribution in [0.25, 0.3) is 11.1 Å². The van der Waals surface area contributed by atoms with Crippen LogP contribution in [0.1, 0.15) is 78.6 Å². The maximum absolute atomic E-state index is 15.9. The van der Waals surface area contributed by atoms with Crippen molar-refractivity contribution in [3.63, 3.8) is 0 Å². The predicted octanol–water partition coefficient (Wildman–Crippen LogP) is 6.59. The van der Waals surface area contributed by atoms with Crippen LogP contribution in [-0.4, -0.2) is 59.3 Å². The van der Waals surface area contributed by atoms with E-state index in [9.17, 15) is 37.1 Å². The van der Waals surface area contributed by atoms with E-state index in [0.717, 1.165) is 17.2 Å². The molecular weight excluding hydrogens is 673 g/mol. The number of carbonyl (C=O) groups is 2. The fourth-order valence-electron chi connectivity index (χ4n) is 6.59. The highest BCUT2D eigenvalue weighted by Crippen LogP contribution is 2.35. The second-order valence-electron chi connectivity index (χ2n) is 13.3. The minimum absolute atomic E-state index is 0.00804. The molecule has 1 aromatic heterocycles. The van der Waals surface area contributed by atoms with E-state index >= 15 is 4.39 Å². The van der Waals surface area contributed by atoms with Crippen molar-refractivity contribution in [2.24, 2.45) is 5.92 Å². The van der Waals surface area contributed by atoms with Gasteiger partial charge < -0.3 is 24.6 Å². The van der Waals surface area contributed by atoms with Crippen molar-refractivity contribution in [3.8, 4) is 23.5 Å². The Morgan fingerprint density at radius 3 is 2.35 bits per heavy atom. The van der Waals surface area contributed by atoms with Gasteiger partial charge in [0.05, 0.1) is 30.2 Å². The van der Waals surface area contributed by atoms with Gasteiger partial charge >= 0.3 is 12.1 Å². The highest BCUT2D eigenvalue weighted by Gasteiger charge is 2.36. The Morgan fingerprint density at radius 2 is 1.75 bits per heavy atom.